The van der Waals surface area contributed by atoms with Crippen molar-refractivity contribution >= 4 is 0 Å². The molecule has 1 atom stereocenters. The van der Waals surface area contributed by atoms with Crippen molar-refractivity contribution < 1.29 is 0 Å². The van der Waals surface area contributed by atoms with E-state index in [9.17, 15) is 0 Å². The quantitative estimate of drug-likeness (QED) is 0.778. The molecule has 0 bridgehead atoms. The summed E-state index contributed by atoms with van der Waals surface area (Å²) < 4.78 is 0. The normalized spacial score (nSPS) is 13.6. The maximum Gasteiger partial charge on any atom is 0.0330 e. The summed E-state index contributed by atoms with van der Waals surface area (Å²) in [7, 11) is 0. The molecule has 0 spiro atoms. The molecule has 1 nitrogen and oxygen atoms in total. The van der Waals surface area contributed by atoms with Crippen LogP contribution in [0.5, 0.6) is 0 Å². The zero-order valence-corrected chi connectivity index (χ0v) is 13.9. The second kappa shape index (κ2) is 6.56. The first kappa shape index (κ1) is 16.2. The van der Waals surface area contributed by atoms with Gasteiger partial charge < -0.3 is 5.32 Å². The fraction of sp³-hybridized carbons (Fsp3) is 0.667. The second-order valence-corrected chi connectivity index (χ2v) is 7.08. The van der Waals surface area contributed by atoms with Crippen LogP contribution in [-0.4, -0.2) is 6.54 Å². The van der Waals surface area contributed by atoms with E-state index in [2.05, 4.69) is 65.9 Å². The molecule has 1 aromatic carbocycles. The van der Waals surface area contributed by atoms with Gasteiger partial charge in [-0.2, -0.15) is 0 Å². The van der Waals surface area contributed by atoms with Crippen molar-refractivity contribution in [2.45, 2.75) is 67.3 Å². The van der Waals surface area contributed by atoms with E-state index in [0.717, 1.165) is 6.54 Å². The molecular formula is C18H31N. The summed E-state index contributed by atoms with van der Waals surface area (Å²) in [5, 5.41) is 3.74. The third kappa shape index (κ3) is 4.99. The van der Waals surface area contributed by atoms with Gasteiger partial charge in [0.2, 0.25) is 0 Å². The van der Waals surface area contributed by atoms with Gasteiger partial charge >= 0.3 is 0 Å². The Kier molecular flexibility index (Phi) is 5.61. The van der Waals surface area contributed by atoms with Crippen molar-refractivity contribution in [3.63, 3.8) is 0 Å². The zero-order valence-electron chi connectivity index (χ0n) is 13.9. The van der Waals surface area contributed by atoms with Crippen LogP contribution < -0.4 is 5.32 Å². The lowest BCUT2D eigenvalue weighted by Gasteiger charge is -2.29. The Morgan fingerprint density at radius 3 is 2.00 bits per heavy atom. The van der Waals surface area contributed by atoms with E-state index in [-0.39, 0.29) is 0 Å². The highest BCUT2D eigenvalue weighted by Crippen LogP contribution is 2.33. The summed E-state index contributed by atoms with van der Waals surface area (Å²) in [5.74, 6) is 0. The maximum atomic E-state index is 3.74. The zero-order chi connectivity index (χ0) is 14.6. The summed E-state index contributed by atoms with van der Waals surface area (Å²) in [4.78, 5) is 0. The van der Waals surface area contributed by atoms with Gasteiger partial charge in [-0.3, -0.25) is 0 Å². The van der Waals surface area contributed by atoms with Crippen molar-refractivity contribution in [3.8, 4) is 0 Å². The summed E-state index contributed by atoms with van der Waals surface area (Å²) in [6, 6.07) is 5.09. The van der Waals surface area contributed by atoms with Gasteiger partial charge in [0.1, 0.15) is 0 Å². The monoisotopic (exact) mass is 261 g/mol. The fourth-order valence-electron chi connectivity index (χ4n) is 2.95. The van der Waals surface area contributed by atoms with Crippen molar-refractivity contribution in [1.82, 2.24) is 5.32 Å². The Morgan fingerprint density at radius 2 is 1.58 bits per heavy atom. The average Bonchev–Trinajstić information content (AvgIpc) is 2.22. The highest BCUT2D eigenvalue weighted by atomic mass is 14.9. The first-order chi connectivity index (χ1) is 8.74. The molecule has 0 radical (unpaired) electrons. The number of aryl methyl sites for hydroxylation is 3. The second-order valence-electron chi connectivity index (χ2n) is 7.08. The molecule has 1 N–H and O–H groups in total. The number of hydrogen-bond acceptors (Lipinski definition) is 1. The van der Waals surface area contributed by atoms with Crippen LogP contribution in [0.25, 0.3) is 0 Å². The minimum atomic E-state index is 0.342. The first-order valence-electron chi connectivity index (χ1n) is 7.55. The third-order valence-corrected chi connectivity index (χ3v) is 3.54. The standard InChI is InChI=1S/C18H31N/c1-8-9-19-16(12-18(5,6)7)17-14(3)10-13(2)11-15(17)4/h10-11,16,19H,8-9,12H2,1-7H3. The molecule has 0 saturated heterocycles. The molecule has 108 valence electrons. The molecule has 0 saturated carbocycles. The van der Waals surface area contributed by atoms with Crippen LogP contribution in [0.2, 0.25) is 0 Å². The maximum absolute atomic E-state index is 3.74. The van der Waals surface area contributed by atoms with Gasteiger partial charge in [0.05, 0.1) is 0 Å². The Labute approximate surface area is 119 Å². The topological polar surface area (TPSA) is 12.0 Å². The SMILES string of the molecule is CCCNC(CC(C)(C)C)c1c(C)cc(C)cc1C. The van der Waals surface area contributed by atoms with E-state index in [1.807, 2.05) is 0 Å². The lowest BCUT2D eigenvalue weighted by molar-refractivity contribution is 0.310. The Balaban J connectivity index is 3.09. The molecule has 0 fully saturated rings. The Morgan fingerprint density at radius 1 is 1.05 bits per heavy atom. The number of rotatable bonds is 5. The molecule has 1 aromatic rings. The molecule has 0 heterocycles. The van der Waals surface area contributed by atoms with Crippen molar-refractivity contribution in [3.05, 3.63) is 34.4 Å². The van der Waals surface area contributed by atoms with Crippen LogP contribution >= 0.6 is 0 Å². The molecule has 19 heavy (non-hydrogen) atoms. The van der Waals surface area contributed by atoms with Crippen molar-refractivity contribution in [2.75, 3.05) is 6.54 Å². The number of nitrogens with one attached hydrogen (secondary N) is 1. The molecule has 1 unspecified atom stereocenters. The molecule has 0 aliphatic carbocycles. The third-order valence-electron chi connectivity index (χ3n) is 3.54. The molecular weight excluding hydrogens is 230 g/mol. The van der Waals surface area contributed by atoms with E-state index >= 15 is 0 Å². The van der Waals surface area contributed by atoms with Gasteiger partial charge in [0.15, 0.2) is 0 Å². The minimum Gasteiger partial charge on any atom is -0.310 e. The van der Waals surface area contributed by atoms with Gasteiger partial charge in [-0.05, 0) is 62.3 Å². The Bertz CT molecular complexity index is 389. The smallest absolute Gasteiger partial charge is 0.0330 e. The van der Waals surface area contributed by atoms with Crippen molar-refractivity contribution in [2.24, 2.45) is 5.41 Å². The number of benzene rings is 1. The lowest BCUT2D eigenvalue weighted by atomic mass is 9.82. The largest absolute Gasteiger partial charge is 0.310 e. The summed E-state index contributed by atoms with van der Waals surface area (Å²) in [6.07, 6.45) is 2.36. The molecule has 1 rings (SSSR count). The van der Waals surface area contributed by atoms with E-state index in [1.54, 1.807) is 0 Å². The Hall–Kier alpha value is -0.820. The summed E-state index contributed by atoms with van der Waals surface area (Å²) in [6.45, 7) is 17.0. The van der Waals surface area contributed by atoms with E-state index < -0.39 is 0 Å². The molecule has 0 aliphatic rings. The van der Waals surface area contributed by atoms with Gasteiger partial charge in [-0.15, -0.1) is 0 Å². The van der Waals surface area contributed by atoms with Crippen molar-refractivity contribution in [1.29, 1.82) is 0 Å². The van der Waals surface area contributed by atoms with E-state index in [0.29, 0.717) is 11.5 Å². The van der Waals surface area contributed by atoms with Crippen LogP contribution in [0.3, 0.4) is 0 Å². The van der Waals surface area contributed by atoms with Crippen LogP contribution in [0, 0.1) is 26.2 Å². The predicted molar refractivity (Wildman–Crippen MR) is 85.8 cm³/mol. The highest BCUT2D eigenvalue weighted by molar-refractivity contribution is 5.39. The van der Waals surface area contributed by atoms with Gasteiger partial charge in [-0.25, -0.2) is 0 Å². The average molecular weight is 261 g/mol. The summed E-state index contributed by atoms with van der Waals surface area (Å²) >= 11 is 0. The molecule has 1 heteroatoms. The highest BCUT2D eigenvalue weighted by Gasteiger charge is 2.22. The molecule has 0 amide bonds. The first-order valence-corrected chi connectivity index (χ1v) is 7.55. The van der Waals surface area contributed by atoms with E-state index in [4.69, 9.17) is 0 Å². The molecule has 0 aromatic heterocycles. The summed E-state index contributed by atoms with van der Waals surface area (Å²) in [5.41, 5.74) is 6.07. The minimum absolute atomic E-state index is 0.342. The molecule has 0 aliphatic heterocycles. The van der Waals surface area contributed by atoms with Gasteiger partial charge in [-0.1, -0.05) is 45.4 Å². The van der Waals surface area contributed by atoms with E-state index in [1.165, 1.54) is 35.1 Å². The van der Waals surface area contributed by atoms with Crippen LogP contribution in [0.1, 0.15) is 68.8 Å². The fourth-order valence-corrected chi connectivity index (χ4v) is 2.95. The van der Waals surface area contributed by atoms with Gasteiger partial charge in [0.25, 0.3) is 0 Å². The van der Waals surface area contributed by atoms with Crippen LogP contribution in [-0.2, 0) is 0 Å². The lowest BCUT2D eigenvalue weighted by Crippen LogP contribution is -2.27. The van der Waals surface area contributed by atoms with Crippen LogP contribution in [0.15, 0.2) is 12.1 Å². The van der Waals surface area contributed by atoms with Crippen LogP contribution in [0.4, 0.5) is 0 Å². The predicted octanol–water partition coefficient (Wildman–Crippen LogP) is 5.09. The van der Waals surface area contributed by atoms with Gasteiger partial charge in [0, 0.05) is 6.04 Å². The number of hydrogen-bond donors (Lipinski definition) is 1.